The van der Waals surface area contributed by atoms with Crippen molar-refractivity contribution in [2.45, 2.75) is 37.5 Å². The molecule has 1 aliphatic heterocycles. The Morgan fingerprint density at radius 3 is 2.63 bits per heavy atom. The summed E-state index contributed by atoms with van der Waals surface area (Å²) in [7, 11) is 0. The second-order valence-electron chi connectivity index (χ2n) is 4.73. The van der Waals surface area contributed by atoms with Crippen molar-refractivity contribution in [1.29, 1.82) is 0 Å². The van der Waals surface area contributed by atoms with Gasteiger partial charge in [-0.15, -0.1) is 10.2 Å². The number of amides is 1. The molecule has 1 atom stereocenters. The molecule has 1 saturated heterocycles. The van der Waals surface area contributed by atoms with Crippen LogP contribution < -0.4 is 5.32 Å². The Hall–Kier alpha value is -1.38. The molecule has 19 heavy (non-hydrogen) atoms. The molecule has 0 bridgehead atoms. The molecule has 5 nitrogen and oxygen atoms in total. The lowest BCUT2D eigenvalue weighted by Crippen LogP contribution is -2.29. The van der Waals surface area contributed by atoms with E-state index in [0.29, 0.717) is 30.3 Å². The van der Waals surface area contributed by atoms with Crippen LogP contribution in [0.2, 0.25) is 0 Å². The van der Waals surface area contributed by atoms with Crippen molar-refractivity contribution >= 4 is 22.4 Å². The van der Waals surface area contributed by atoms with Crippen LogP contribution in [-0.2, 0) is 11.0 Å². The number of carbonyl (C=O) groups excluding carboxylic acids is 1. The zero-order valence-corrected chi connectivity index (χ0v) is 10.6. The number of nitrogens with one attached hydrogen (secondary N) is 1. The molecular weight excluding hydrogens is 281 g/mol. The summed E-state index contributed by atoms with van der Waals surface area (Å²) >= 11 is 0.465. The van der Waals surface area contributed by atoms with Crippen LogP contribution in [0.15, 0.2) is 0 Å². The maximum Gasteiger partial charge on any atom is 0.445 e. The highest BCUT2D eigenvalue weighted by atomic mass is 32.1. The summed E-state index contributed by atoms with van der Waals surface area (Å²) in [5.74, 6) is 0.0561. The molecule has 1 unspecified atom stereocenters. The van der Waals surface area contributed by atoms with Crippen molar-refractivity contribution in [3.05, 3.63) is 5.01 Å². The van der Waals surface area contributed by atoms with Gasteiger partial charge >= 0.3 is 6.18 Å². The fourth-order valence-corrected chi connectivity index (χ4v) is 2.83. The van der Waals surface area contributed by atoms with Crippen LogP contribution in [0.25, 0.3) is 0 Å². The molecule has 1 amide bonds. The van der Waals surface area contributed by atoms with Crippen LogP contribution in [0.1, 0.15) is 24.3 Å². The van der Waals surface area contributed by atoms with E-state index in [1.807, 2.05) is 0 Å². The highest BCUT2D eigenvalue weighted by molar-refractivity contribution is 7.15. The average Bonchev–Trinajstić information content (AvgIpc) is 2.92. The normalized spacial score (nSPS) is 24.1. The van der Waals surface area contributed by atoms with Crippen LogP contribution >= 0.6 is 11.3 Å². The summed E-state index contributed by atoms with van der Waals surface area (Å²) in [5, 5.41) is 8.56. The first-order valence-electron chi connectivity index (χ1n) is 5.90. The minimum atomic E-state index is -4.47. The first-order chi connectivity index (χ1) is 8.93. The van der Waals surface area contributed by atoms with E-state index in [-0.39, 0.29) is 17.1 Å². The van der Waals surface area contributed by atoms with Gasteiger partial charge in [0, 0.05) is 19.0 Å². The van der Waals surface area contributed by atoms with Crippen molar-refractivity contribution in [3.8, 4) is 0 Å². The SMILES string of the molecule is O=C1CC(Nc2nnc(C(F)(F)F)s2)CN1C1CC1. The zero-order chi connectivity index (χ0) is 13.6. The Balaban J connectivity index is 1.63. The number of carbonyl (C=O) groups is 1. The molecule has 104 valence electrons. The minimum absolute atomic E-state index is 0.0561. The summed E-state index contributed by atoms with van der Waals surface area (Å²) in [5.41, 5.74) is 0. The molecule has 2 heterocycles. The molecule has 1 N–H and O–H groups in total. The van der Waals surface area contributed by atoms with Crippen LogP contribution in [-0.4, -0.2) is 39.6 Å². The van der Waals surface area contributed by atoms with E-state index in [1.54, 1.807) is 4.90 Å². The van der Waals surface area contributed by atoms with Crippen LogP contribution in [0.5, 0.6) is 0 Å². The van der Waals surface area contributed by atoms with Crippen molar-refractivity contribution in [2.75, 3.05) is 11.9 Å². The van der Waals surface area contributed by atoms with E-state index in [1.165, 1.54) is 0 Å². The molecule has 0 aromatic carbocycles. The largest absolute Gasteiger partial charge is 0.445 e. The van der Waals surface area contributed by atoms with Gasteiger partial charge in [0.25, 0.3) is 0 Å². The Bertz CT molecular complexity index is 499. The van der Waals surface area contributed by atoms with Crippen molar-refractivity contribution < 1.29 is 18.0 Å². The van der Waals surface area contributed by atoms with Gasteiger partial charge in [-0.1, -0.05) is 11.3 Å². The maximum absolute atomic E-state index is 12.4. The number of aromatic nitrogens is 2. The van der Waals surface area contributed by atoms with Gasteiger partial charge in [0.05, 0.1) is 6.04 Å². The molecule has 9 heteroatoms. The van der Waals surface area contributed by atoms with Gasteiger partial charge in [-0.2, -0.15) is 13.2 Å². The lowest BCUT2D eigenvalue weighted by atomic mass is 10.3. The Morgan fingerprint density at radius 2 is 2.05 bits per heavy atom. The average molecular weight is 292 g/mol. The Morgan fingerprint density at radius 1 is 1.32 bits per heavy atom. The van der Waals surface area contributed by atoms with Crippen molar-refractivity contribution in [1.82, 2.24) is 15.1 Å². The molecule has 1 aromatic rings. The number of rotatable bonds is 3. The lowest BCUT2D eigenvalue weighted by molar-refractivity contribution is -0.138. The lowest BCUT2D eigenvalue weighted by Gasteiger charge is -2.15. The van der Waals surface area contributed by atoms with Crippen LogP contribution in [0, 0.1) is 0 Å². The van der Waals surface area contributed by atoms with E-state index in [2.05, 4.69) is 15.5 Å². The maximum atomic E-state index is 12.4. The minimum Gasteiger partial charge on any atom is -0.355 e. The van der Waals surface area contributed by atoms with Gasteiger partial charge in [0.1, 0.15) is 0 Å². The third kappa shape index (κ3) is 2.65. The summed E-state index contributed by atoms with van der Waals surface area (Å²) in [6.07, 6.45) is -2.12. The molecule has 2 aliphatic rings. The number of likely N-dealkylation sites (tertiary alicyclic amines) is 1. The predicted molar refractivity (Wildman–Crippen MR) is 61.7 cm³/mol. The first-order valence-corrected chi connectivity index (χ1v) is 6.72. The topological polar surface area (TPSA) is 58.1 Å². The van der Waals surface area contributed by atoms with Crippen molar-refractivity contribution in [2.24, 2.45) is 0 Å². The monoisotopic (exact) mass is 292 g/mol. The van der Waals surface area contributed by atoms with Gasteiger partial charge in [-0.3, -0.25) is 4.79 Å². The van der Waals surface area contributed by atoms with Gasteiger partial charge in [0.2, 0.25) is 16.0 Å². The van der Waals surface area contributed by atoms with E-state index < -0.39 is 11.2 Å². The Kier molecular flexibility index (Phi) is 2.88. The molecule has 3 rings (SSSR count). The summed E-state index contributed by atoms with van der Waals surface area (Å²) in [6.45, 7) is 0.532. The number of hydrogen-bond acceptors (Lipinski definition) is 5. The van der Waals surface area contributed by atoms with Gasteiger partial charge in [-0.05, 0) is 12.8 Å². The predicted octanol–water partition coefficient (Wildman–Crippen LogP) is 1.73. The number of nitrogens with zero attached hydrogens (tertiary/aromatic N) is 3. The van der Waals surface area contributed by atoms with Gasteiger partial charge in [-0.25, -0.2) is 0 Å². The second kappa shape index (κ2) is 4.32. The number of anilines is 1. The molecular formula is C10H11F3N4OS. The number of alkyl halides is 3. The second-order valence-corrected chi connectivity index (χ2v) is 5.71. The molecule has 1 aliphatic carbocycles. The van der Waals surface area contributed by atoms with E-state index in [4.69, 9.17) is 0 Å². The fourth-order valence-electron chi connectivity index (χ4n) is 2.14. The third-order valence-electron chi connectivity index (χ3n) is 3.14. The smallest absolute Gasteiger partial charge is 0.355 e. The van der Waals surface area contributed by atoms with E-state index in [9.17, 15) is 18.0 Å². The van der Waals surface area contributed by atoms with Gasteiger partial charge < -0.3 is 10.2 Å². The van der Waals surface area contributed by atoms with Gasteiger partial charge in [0.15, 0.2) is 0 Å². The van der Waals surface area contributed by atoms with Crippen molar-refractivity contribution in [3.63, 3.8) is 0 Å². The fraction of sp³-hybridized carbons (Fsp3) is 0.700. The summed E-state index contributed by atoms with van der Waals surface area (Å²) < 4.78 is 37.1. The quantitative estimate of drug-likeness (QED) is 0.922. The molecule has 2 fully saturated rings. The third-order valence-corrected chi connectivity index (χ3v) is 4.04. The highest BCUT2D eigenvalue weighted by Crippen LogP contribution is 2.34. The summed E-state index contributed by atoms with van der Waals surface area (Å²) in [4.78, 5) is 13.5. The highest BCUT2D eigenvalue weighted by Gasteiger charge is 2.40. The first kappa shape index (κ1) is 12.6. The molecule has 0 radical (unpaired) electrons. The number of hydrogen-bond donors (Lipinski definition) is 1. The molecule has 1 aromatic heterocycles. The van der Waals surface area contributed by atoms with E-state index >= 15 is 0 Å². The number of halogens is 3. The molecule has 0 spiro atoms. The van der Waals surface area contributed by atoms with E-state index in [0.717, 1.165) is 12.8 Å². The van der Waals surface area contributed by atoms with Crippen LogP contribution in [0.3, 0.4) is 0 Å². The standard InChI is InChI=1S/C10H11F3N4OS/c11-10(12,13)8-15-16-9(19-8)14-5-3-7(18)17(4-5)6-1-2-6/h5-6H,1-4H2,(H,14,16). The molecule has 1 saturated carbocycles. The summed E-state index contributed by atoms with van der Waals surface area (Å²) in [6, 6.07) is 0.154. The van der Waals surface area contributed by atoms with Crippen LogP contribution in [0.4, 0.5) is 18.3 Å². The zero-order valence-electron chi connectivity index (χ0n) is 9.78. The Labute approximate surface area is 110 Å².